The van der Waals surface area contributed by atoms with Gasteiger partial charge < -0.3 is 10.5 Å². The van der Waals surface area contributed by atoms with E-state index in [1.807, 2.05) is 56.3 Å². The van der Waals surface area contributed by atoms with Crippen LogP contribution in [0, 0.1) is 13.8 Å². The second-order valence-corrected chi connectivity index (χ2v) is 3.90. The molecule has 2 aromatic carbocycles. The number of aryl methyl sites for hydroxylation is 2. The summed E-state index contributed by atoms with van der Waals surface area (Å²) < 4.78 is 5.72. The topological polar surface area (TPSA) is 35.2 Å². The molecule has 0 fully saturated rings. The minimum Gasteiger partial charge on any atom is -0.455 e. The van der Waals surface area contributed by atoms with Crippen LogP contribution in [0.5, 0.6) is 11.5 Å². The van der Waals surface area contributed by atoms with E-state index in [-0.39, 0.29) is 0 Å². The molecule has 16 heavy (non-hydrogen) atoms. The van der Waals surface area contributed by atoms with Crippen LogP contribution in [-0.2, 0) is 0 Å². The maximum atomic E-state index is 5.94. The van der Waals surface area contributed by atoms with E-state index in [9.17, 15) is 0 Å². The Labute approximate surface area is 95.7 Å². The van der Waals surface area contributed by atoms with Gasteiger partial charge in [0, 0.05) is 0 Å². The Morgan fingerprint density at radius 3 is 2.31 bits per heavy atom. The summed E-state index contributed by atoms with van der Waals surface area (Å²) in [4.78, 5) is 0. The second-order valence-electron chi connectivity index (χ2n) is 3.90. The molecule has 0 radical (unpaired) electrons. The standard InChI is InChI=1S/C14H15NO/c1-10-6-8-12(9-7-10)16-13-5-3-4-11(2)14(13)15/h3-9H,15H2,1-2H3. The van der Waals surface area contributed by atoms with Gasteiger partial charge in [-0.1, -0.05) is 29.8 Å². The van der Waals surface area contributed by atoms with Gasteiger partial charge in [0.25, 0.3) is 0 Å². The van der Waals surface area contributed by atoms with Crippen molar-refractivity contribution in [3.05, 3.63) is 53.6 Å². The summed E-state index contributed by atoms with van der Waals surface area (Å²) in [5.41, 5.74) is 8.88. The van der Waals surface area contributed by atoms with Crippen LogP contribution in [0.1, 0.15) is 11.1 Å². The van der Waals surface area contributed by atoms with Crippen molar-refractivity contribution in [3.63, 3.8) is 0 Å². The molecule has 2 N–H and O–H groups in total. The number of rotatable bonds is 2. The summed E-state index contributed by atoms with van der Waals surface area (Å²) in [6.45, 7) is 4.02. The molecule has 2 nitrogen and oxygen atoms in total. The zero-order valence-corrected chi connectivity index (χ0v) is 9.53. The Morgan fingerprint density at radius 2 is 1.62 bits per heavy atom. The highest BCUT2D eigenvalue weighted by molar-refractivity contribution is 5.58. The summed E-state index contributed by atoms with van der Waals surface area (Å²) >= 11 is 0. The van der Waals surface area contributed by atoms with E-state index >= 15 is 0 Å². The minimum atomic E-state index is 0.697. The van der Waals surface area contributed by atoms with E-state index in [1.54, 1.807) is 0 Å². The Hall–Kier alpha value is -1.96. The van der Waals surface area contributed by atoms with Gasteiger partial charge in [0.15, 0.2) is 5.75 Å². The van der Waals surface area contributed by atoms with Crippen LogP contribution in [0.25, 0.3) is 0 Å². The van der Waals surface area contributed by atoms with Crippen molar-refractivity contribution in [1.82, 2.24) is 0 Å². The predicted molar refractivity (Wildman–Crippen MR) is 66.8 cm³/mol. The molecule has 82 valence electrons. The number of ether oxygens (including phenoxy) is 1. The molecule has 0 heterocycles. The van der Waals surface area contributed by atoms with Gasteiger partial charge in [-0.25, -0.2) is 0 Å². The number of nitrogens with two attached hydrogens (primary N) is 1. The third-order valence-corrected chi connectivity index (χ3v) is 2.53. The molecular weight excluding hydrogens is 198 g/mol. The van der Waals surface area contributed by atoms with Crippen LogP contribution < -0.4 is 10.5 Å². The minimum absolute atomic E-state index is 0.697. The normalized spacial score (nSPS) is 10.1. The van der Waals surface area contributed by atoms with Gasteiger partial charge in [0.05, 0.1) is 5.69 Å². The lowest BCUT2D eigenvalue weighted by Gasteiger charge is -2.10. The predicted octanol–water partition coefficient (Wildman–Crippen LogP) is 3.68. The molecular formula is C14H15NO. The third-order valence-electron chi connectivity index (χ3n) is 2.53. The van der Waals surface area contributed by atoms with Crippen LogP contribution in [-0.4, -0.2) is 0 Å². The van der Waals surface area contributed by atoms with E-state index in [2.05, 4.69) is 0 Å². The smallest absolute Gasteiger partial charge is 0.150 e. The highest BCUT2D eigenvalue weighted by Gasteiger charge is 2.03. The van der Waals surface area contributed by atoms with E-state index in [0.29, 0.717) is 11.4 Å². The van der Waals surface area contributed by atoms with Crippen LogP contribution in [0.3, 0.4) is 0 Å². The zero-order chi connectivity index (χ0) is 11.5. The maximum Gasteiger partial charge on any atom is 0.150 e. The number of hydrogen-bond donors (Lipinski definition) is 1. The van der Waals surface area contributed by atoms with Gasteiger partial charge in [0.2, 0.25) is 0 Å². The Kier molecular flexibility index (Phi) is 2.82. The molecule has 0 spiro atoms. The van der Waals surface area contributed by atoms with Gasteiger partial charge in [-0.05, 0) is 37.6 Å². The summed E-state index contributed by atoms with van der Waals surface area (Å²) in [5, 5.41) is 0. The van der Waals surface area contributed by atoms with Crippen LogP contribution in [0.2, 0.25) is 0 Å². The molecule has 2 heteroatoms. The van der Waals surface area contributed by atoms with E-state index in [1.165, 1.54) is 5.56 Å². The molecule has 0 unspecified atom stereocenters. The first kappa shape index (κ1) is 10.6. The molecule has 0 atom stereocenters. The van der Waals surface area contributed by atoms with Gasteiger partial charge in [-0.15, -0.1) is 0 Å². The lowest BCUT2D eigenvalue weighted by atomic mass is 10.2. The van der Waals surface area contributed by atoms with E-state index in [4.69, 9.17) is 10.5 Å². The Bertz CT molecular complexity index is 489. The first-order valence-electron chi connectivity index (χ1n) is 5.26. The molecule has 0 aliphatic heterocycles. The molecule has 2 rings (SSSR count). The molecule has 0 saturated carbocycles. The first-order valence-corrected chi connectivity index (χ1v) is 5.26. The fourth-order valence-electron chi connectivity index (χ4n) is 1.48. The Morgan fingerprint density at radius 1 is 0.938 bits per heavy atom. The fourth-order valence-corrected chi connectivity index (χ4v) is 1.48. The SMILES string of the molecule is Cc1ccc(Oc2cccc(C)c2N)cc1. The Balaban J connectivity index is 2.27. The molecule has 0 aliphatic carbocycles. The highest BCUT2D eigenvalue weighted by atomic mass is 16.5. The first-order chi connectivity index (χ1) is 7.66. The molecule has 0 aliphatic rings. The second kappa shape index (κ2) is 4.27. The van der Waals surface area contributed by atoms with Gasteiger partial charge in [-0.2, -0.15) is 0 Å². The fraction of sp³-hybridized carbons (Fsp3) is 0.143. The summed E-state index contributed by atoms with van der Waals surface area (Å²) in [5.74, 6) is 1.52. The number of anilines is 1. The molecule has 2 aromatic rings. The summed E-state index contributed by atoms with van der Waals surface area (Å²) in [7, 11) is 0. The van der Waals surface area contributed by atoms with Crippen LogP contribution in [0.15, 0.2) is 42.5 Å². The van der Waals surface area contributed by atoms with Crippen molar-refractivity contribution in [2.75, 3.05) is 5.73 Å². The number of benzene rings is 2. The lowest BCUT2D eigenvalue weighted by Crippen LogP contribution is -1.94. The van der Waals surface area contributed by atoms with Gasteiger partial charge in [0.1, 0.15) is 5.75 Å². The van der Waals surface area contributed by atoms with E-state index < -0.39 is 0 Å². The maximum absolute atomic E-state index is 5.94. The molecule has 0 bridgehead atoms. The van der Waals surface area contributed by atoms with Crippen molar-refractivity contribution in [2.24, 2.45) is 0 Å². The zero-order valence-electron chi connectivity index (χ0n) is 9.53. The molecule has 0 aromatic heterocycles. The monoisotopic (exact) mass is 213 g/mol. The van der Waals surface area contributed by atoms with Crippen LogP contribution >= 0.6 is 0 Å². The summed E-state index contributed by atoms with van der Waals surface area (Å²) in [6, 6.07) is 13.7. The van der Waals surface area contributed by atoms with Gasteiger partial charge in [-0.3, -0.25) is 0 Å². The average molecular weight is 213 g/mol. The molecule has 0 amide bonds. The van der Waals surface area contributed by atoms with Crippen molar-refractivity contribution >= 4 is 5.69 Å². The largest absolute Gasteiger partial charge is 0.455 e. The van der Waals surface area contributed by atoms with Crippen molar-refractivity contribution in [1.29, 1.82) is 0 Å². The lowest BCUT2D eigenvalue weighted by molar-refractivity contribution is 0.484. The van der Waals surface area contributed by atoms with Crippen molar-refractivity contribution in [2.45, 2.75) is 13.8 Å². The number of hydrogen-bond acceptors (Lipinski definition) is 2. The van der Waals surface area contributed by atoms with Crippen molar-refractivity contribution < 1.29 is 4.74 Å². The molecule has 0 saturated heterocycles. The quantitative estimate of drug-likeness (QED) is 0.772. The summed E-state index contributed by atoms with van der Waals surface area (Å²) in [6.07, 6.45) is 0. The average Bonchev–Trinajstić information content (AvgIpc) is 2.28. The van der Waals surface area contributed by atoms with Crippen LogP contribution in [0.4, 0.5) is 5.69 Å². The van der Waals surface area contributed by atoms with Gasteiger partial charge >= 0.3 is 0 Å². The number of para-hydroxylation sites is 1. The third kappa shape index (κ3) is 2.16. The van der Waals surface area contributed by atoms with Crippen molar-refractivity contribution in [3.8, 4) is 11.5 Å². The number of nitrogen functional groups attached to an aromatic ring is 1. The highest BCUT2D eigenvalue weighted by Crippen LogP contribution is 2.29. The van der Waals surface area contributed by atoms with E-state index in [0.717, 1.165) is 11.3 Å².